The number of hydrogen-bond donors (Lipinski definition) is 1. The molecule has 0 fully saturated rings. The Balaban J connectivity index is 1.94. The van der Waals surface area contributed by atoms with Gasteiger partial charge in [-0.05, 0) is 32.9 Å². The van der Waals surface area contributed by atoms with Gasteiger partial charge in [0.2, 0.25) is 0 Å². The smallest absolute Gasteiger partial charge is 0.415 e. The molecule has 6 nitrogen and oxygen atoms in total. The lowest BCUT2D eigenvalue weighted by Crippen LogP contribution is -2.34. The highest BCUT2D eigenvalue weighted by Gasteiger charge is 2.21. The minimum absolute atomic E-state index is 0.428. The molecule has 0 aromatic carbocycles. The van der Waals surface area contributed by atoms with Crippen LogP contribution in [-0.2, 0) is 11.3 Å². The third-order valence-electron chi connectivity index (χ3n) is 2.72. The Morgan fingerprint density at radius 1 is 1.36 bits per heavy atom. The number of thiazole rings is 1. The number of nitrogens with one attached hydrogen (secondary N) is 1. The number of carbonyl (C=O) groups excluding carboxylic acids is 1. The highest BCUT2D eigenvalue weighted by Crippen LogP contribution is 2.17. The minimum Gasteiger partial charge on any atom is -0.443 e. The van der Waals surface area contributed by atoms with Crippen molar-refractivity contribution in [1.82, 2.24) is 9.97 Å². The van der Waals surface area contributed by atoms with Gasteiger partial charge in [-0.3, -0.25) is 4.90 Å². The Morgan fingerprint density at radius 2 is 2.14 bits per heavy atom. The first-order valence-electron chi connectivity index (χ1n) is 6.89. The molecular weight excluding hydrogens is 300 g/mol. The Labute approximate surface area is 134 Å². The van der Waals surface area contributed by atoms with E-state index in [-0.39, 0.29) is 0 Å². The maximum absolute atomic E-state index is 12.0. The fourth-order valence-corrected chi connectivity index (χ4v) is 2.19. The quantitative estimate of drug-likeness (QED) is 0.933. The van der Waals surface area contributed by atoms with E-state index in [1.807, 2.05) is 32.2 Å². The van der Waals surface area contributed by atoms with Gasteiger partial charge in [0.05, 0.1) is 29.6 Å². The van der Waals surface area contributed by atoms with Crippen LogP contribution in [0.1, 0.15) is 26.5 Å². The largest absolute Gasteiger partial charge is 0.443 e. The molecule has 2 rings (SSSR count). The summed E-state index contributed by atoms with van der Waals surface area (Å²) in [6.07, 6.45) is 1.26. The van der Waals surface area contributed by atoms with Crippen molar-refractivity contribution in [3.63, 3.8) is 0 Å². The van der Waals surface area contributed by atoms with Gasteiger partial charge < -0.3 is 10.1 Å². The number of pyridine rings is 1. The number of anilines is 2. The molecule has 0 radical (unpaired) electrons. The van der Waals surface area contributed by atoms with Crippen LogP contribution < -0.4 is 10.2 Å². The van der Waals surface area contributed by atoms with Crippen LogP contribution in [0.4, 0.5) is 16.3 Å². The van der Waals surface area contributed by atoms with Crippen molar-refractivity contribution in [2.75, 3.05) is 17.3 Å². The fourth-order valence-electron chi connectivity index (χ4n) is 1.63. The molecule has 0 aliphatic carbocycles. The zero-order valence-electron chi connectivity index (χ0n) is 13.2. The molecule has 0 atom stereocenters. The van der Waals surface area contributed by atoms with Gasteiger partial charge in [-0.2, -0.15) is 0 Å². The SMILES string of the molecule is CN(C(=O)OC(C)(C)C)c1ccc(NCc2cscn2)cn1. The normalized spacial score (nSPS) is 11.1. The lowest BCUT2D eigenvalue weighted by atomic mass is 10.2. The molecule has 0 aliphatic heterocycles. The maximum Gasteiger partial charge on any atom is 0.415 e. The number of hydrogen-bond acceptors (Lipinski definition) is 6. The minimum atomic E-state index is -0.527. The van der Waals surface area contributed by atoms with Crippen LogP contribution in [0.2, 0.25) is 0 Å². The van der Waals surface area contributed by atoms with Crippen LogP contribution in [0.15, 0.2) is 29.2 Å². The third-order valence-corrected chi connectivity index (χ3v) is 3.35. The molecule has 0 unspecified atom stereocenters. The van der Waals surface area contributed by atoms with Crippen LogP contribution >= 0.6 is 11.3 Å². The van der Waals surface area contributed by atoms with E-state index in [0.717, 1.165) is 11.4 Å². The number of ether oxygens (including phenoxy) is 1. The van der Waals surface area contributed by atoms with E-state index in [4.69, 9.17) is 4.74 Å². The average Bonchev–Trinajstić information content (AvgIpc) is 2.96. The van der Waals surface area contributed by atoms with Gasteiger partial charge in [-0.15, -0.1) is 11.3 Å². The van der Waals surface area contributed by atoms with Crippen LogP contribution in [-0.4, -0.2) is 28.7 Å². The summed E-state index contributed by atoms with van der Waals surface area (Å²) in [7, 11) is 1.64. The summed E-state index contributed by atoms with van der Waals surface area (Å²) in [6.45, 7) is 6.14. The number of carbonyl (C=O) groups is 1. The lowest BCUT2D eigenvalue weighted by Gasteiger charge is -2.24. The van der Waals surface area contributed by atoms with Crippen molar-refractivity contribution in [3.05, 3.63) is 34.9 Å². The van der Waals surface area contributed by atoms with Gasteiger partial charge in [0.1, 0.15) is 11.4 Å². The summed E-state index contributed by atoms with van der Waals surface area (Å²) in [6, 6.07) is 3.64. The molecule has 118 valence electrons. The summed E-state index contributed by atoms with van der Waals surface area (Å²) in [4.78, 5) is 21.8. The maximum atomic E-state index is 12.0. The Bertz CT molecular complexity index is 605. The number of nitrogens with zero attached hydrogens (tertiary/aromatic N) is 3. The standard InChI is InChI=1S/C15H20N4O2S/c1-15(2,3)21-14(20)19(4)13-6-5-11(7-17-13)16-8-12-9-22-10-18-12/h5-7,9-10,16H,8H2,1-4H3. The van der Waals surface area contributed by atoms with Gasteiger partial charge >= 0.3 is 6.09 Å². The molecule has 2 heterocycles. The van der Waals surface area contributed by atoms with E-state index in [1.54, 1.807) is 36.2 Å². The van der Waals surface area contributed by atoms with E-state index in [1.165, 1.54) is 4.90 Å². The van der Waals surface area contributed by atoms with Crippen molar-refractivity contribution < 1.29 is 9.53 Å². The second kappa shape index (κ2) is 6.74. The first-order chi connectivity index (χ1) is 10.3. The van der Waals surface area contributed by atoms with Gasteiger partial charge in [0, 0.05) is 12.4 Å². The van der Waals surface area contributed by atoms with Crippen molar-refractivity contribution >= 4 is 28.9 Å². The van der Waals surface area contributed by atoms with Crippen molar-refractivity contribution in [2.45, 2.75) is 32.9 Å². The van der Waals surface area contributed by atoms with Crippen molar-refractivity contribution in [1.29, 1.82) is 0 Å². The zero-order valence-corrected chi connectivity index (χ0v) is 14.0. The van der Waals surface area contributed by atoms with Crippen LogP contribution in [0.25, 0.3) is 0 Å². The molecule has 0 aliphatic rings. The summed E-state index contributed by atoms with van der Waals surface area (Å²) < 4.78 is 5.30. The molecule has 2 aromatic rings. The monoisotopic (exact) mass is 320 g/mol. The highest BCUT2D eigenvalue weighted by atomic mass is 32.1. The lowest BCUT2D eigenvalue weighted by molar-refractivity contribution is 0.0588. The van der Waals surface area contributed by atoms with E-state index in [0.29, 0.717) is 12.4 Å². The summed E-state index contributed by atoms with van der Waals surface area (Å²) in [5.74, 6) is 0.536. The zero-order chi connectivity index (χ0) is 16.2. The first kappa shape index (κ1) is 16.2. The van der Waals surface area contributed by atoms with Crippen LogP contribution in [0.5, 0.6) is 0 Å². The van der Waals surface area contributed by atoms with Gasteiger partial charge in [0.15, 0.2) is 0 Å². The predicted octanol–water partition coefficient (Wildman–Crippen LogP) is 3.52. The highest BCUT2D eigenvalue weighted by molar-refractivity contribution is 7.07. The van der Waals surface area contributed by atoms with Gasteiger partial charge in [-0.1, -0.05) is 0 Å². The predicted molar refractivity (Wildman–Crippen MR) is 88.3 cm³/mol. The first-order valence-corrected chi connectivity index (χ1v) is 7.83. The topological polar surface area (TPSA) is 67.3 Å². The molecule has 1 N–H and O–H groups in total. The number of amides is 1. The van der Waals surface area contributed by atoms with E-state index in [9.17, 15) is 4.79 Å². The molecule has 0 saturated carbocycles. The average molecular weight is 320 g/mol. The molecular formula is C15H20N4O2S. The molecule has 0 bridgehead atoms. The van der Waals surface area contributed by atoms with Crippen molar-refractivity contribution in [3.8, 4) is 0 Å². The fraction of sp³-hybridized carbons (Fsp3) is 0.400. The van der Waals surface area contributed by atoms with Gasteiger partial charge in [-0.25, -0.2) is 14.8 Å². The Morgan fingerprint density at radius 3 is 2.68 bits per heavy atom. The summed E-state index contributed by atoms with van der Waals surface area (Å²) in [5.41, 5.74) is 3.13. The Hall–Kier alpha value is -2.15. The molecule has 7 heteroatoms. The van der Waals surface area contributed by atoms with E-state index in [2.05, 4.69) is 15.3 Å². The third kappa shape index (κ3) is 4.70. The summed E-state index contributed by atoms with van der Waals surface area (Å²) in [5, 5.41) is 5.22. The second-order valence-electron chi connectivity index (χ2n) is 5.78. The molecule has 0 saturated heterocycles. The summed E-state index contributed by atoms with van der Waals surface area (Å²) >= 11 is 1.56. The van der Waals surface area contributed by atoms with Crippen LogP contribution in [0.3, 0.4) is 0 Å². The van der Waals surface area contributed by atoms with E-state index >= 15 is 0 Å². The Kier molecular flexibility index (Phi) is 4.97. The van der Waals surface area contributed by atoms with Crippen molar-refractivity contribution in [2.24, 2.45) is 0 Å². The van der Waals surface area contributed by atoms with Gasteiger partial charge in [0.25, 0.3) is 0 Å². The molecule has 22 heavy (non-hydrogen) atoms. The number of rotatable bonds is 4. The van der Waals surface area contributed by atoms with Crippen LogP contribution in [0, 0.1) is 0 Å². The second-order valence-corrected chi connectivity index (χ2v) is 6.50. The number of aromatic nitrogens is 2. The molecule has 1 amide bonds. The molecule has 2 aromatic heterocycles. The molecule has 0 spiro atoms. The van der Waals surface area contributed by atoms with E-state index < -0.39 is 11.7 Å².